The van der Waals surface area contributed by atoms with Gasteiger partial charge in [0, 0.05) is 6.42 Å². The first-order valence-corrected chi connectivity index (χ1v) is 8.93. The second kappa shape index (κ2) is 4.80. The maximum Gasteiger partial charge on any atom is 0.181 e. The number of fused-ring (bicyclic) bond motifs is 1. The highest BCUT2D eigenvalue weighted by molar-refractivity contribution is 7.92. The van der Waals surface area contributed by atoms with Gasteiger partial charge < -0.3 is 0 Å². The van der Waals surface area contributed by atoms with Gasteiger partial charge in [0.25, 0.3) is 0 Å². The molecular formula is C17H20O3S. The smallest absolute Gasteiger partial charge is 0.181 e. The molecule has 0 amide bonds. The molecule has 2 fully saturated rings. The average Bonchev–Trinajstić information content (AvgIpc) is 2.75. The number of Topliss-reactive ketones (excluding diaryl/α,β-unsaturated/α-hetero) is 1. The number of hydrogen-bond donors (Lipinski definition) is 0. The molecule has 0 saturated heterocycles. The SMILES string of the molecule is C=C1C[C@@H](S(=O)(=O)c2ccccc2)[C@@H]2CCCC(=O)[C@]12C. The Balaban J connectivity index is 2.05. The fraction of sp³-hybridized carbons (Fsp3) is 0.471. The number of sulfone groups is 1. The lowest BCUT2D eigenvalue weighted by molar-refractivity contribution is -0.130. The Labute approximate surface area is 126 Å². The van der Waals surface area contributed by atoms with Gasteiger partial charge in [0.2, 0.25) is 0 Å². The third-order valence-corrected chi connectivity index (χ3v) is 7.56. The van der Waals surface area contributed by atoms with Crippen molar-refractivity contribution >= 4 is 15.6 Å². The maximum absolute atomic E-state index is 12.9. The van der Waals surface area contributed by atoms with Crippen LogP contribution in [0.25, 0.3) is 0 Å². The molecule has 3 atom stereocenters. The van der Waals surface area contributed by atoms with E-state index in [4.69, 9.17) is 0 Å². The van der Waals surface area contributed by atoms with Crippen LogP contribution in [0, 0.1) is 11.3 Å². The van der Waals surface area contributed by atoms with Gasteiger partial charge in [0.05, 0.1) is 15.6 Å². The number of carbonyl (C=O) groups excluding carboxylic acids is 1. The van der Waals surface area contributed by atoms with E-state index < -0.39 is 20.5 Å². The van der Waals surface area contributed by atoms with Gasteiger partial charge in [-0.1, -0.05) is 30.4 Å². The predicted octanol–water partition coefficient (Wildman–Crippen LogP) is 3.16. The van der Waals surface area contributed by atoms with Gasteiger partial charge in [-0.3, -0.25) is 4.79 Å². The molecule has 0 spiro atoms. The molecule has 0 unspecified atom stereocenters. The molecule has 21 heavy (non-hydrogen) atoms. The molecule has 112 valence electrons. The minimum Gasteiger partial charge on any atom is -0.299 e. The summed E-state index contributed by atoms with van der Waals surface area (Å²) >= 11 is 0. The minimum atomic E-state index is -3.42. The fourth-order valence-corrected chi connectivity index (χ4v) is 6.11. The van der Waals surface area contributed by atoms with Gasteiger partial charge in [0.15, 0.2) is 9.84 Å². The summed E-state index contributed by atoms with van der Waals surface area (Å²) in [5, 5.41) is -0.512. The van der Waals surface area contributed by atoms with Crippen LogP contribution in [0.2, 0.25) is 0 Å². The average molecular weight is 304 g/mol. The van der Waals surface area contributed by atoms with Crippen LogP contribution in [-0.2, 0) is 14.6 Å². The van der Waals surface area contributed by atoms with E-state index in [2.05, 4.69) is 6.58 Å². The van der Waals surface area contributed by atoms with Gasteiger partial charge in [-0.2, -0.15) is 0 Å². The largest absolute Gasteiger partial charge is 0.299 e. The van der Waals surface area contributed by atoms with E-state index in [-0.39, 0.29) is 11.7 Å². The highest BCUT2D eigenvalue weighted by Crippen LogP contribution is 2.55. The molecule has 2 aliphatic rings. The van der Waals surface area contributed by atoms with Crippen molar-refractivity contribution in [1.82, 2.24) is 0 Å². The van der Waals surface area contributed by atoms with Crippen LogP contribution in [0.5, 0.6) is 0 Å². The third-order valence-electron chi connectivity index (χ3n) is 5.34. The van der Waals surface area contributed by atoms with E-state index in [9.17, 15) is 13.2 Å². The van der Waals surface area contributed by atoms with Crippen molar-refractivity contribution in [3.05, 3.63) is 42.5 Å². The van der Waals surface area contributed by atoms with Crippen molar-refractivity contribution in [3.8, 4) is 0 Å². The molecule has 0 N–H and O–H groups in total. The summed E-state index contributed by atoms with van der Waals surface area (Å²) in [6.45, 7) is 5.92. The van der Waals surface area contributed by atoms with E-state index in [0.29, 0.717) is 17.7 Å². The highest BCUT2D eigenvalue weighted by atomic mass is 32.2. The Morgan fingerprint density at radius 3 is 2.57 bits per heavy atom. The standard InChI is InChI=1S/C17H20O3S/c1-12-11-15(14-9-6-10-16(18)17(12,14)2)21(19,20)13-7-4-3-5-8-13/h3-5,7-8,14-15H,1,6,9-11H2,2H3/t14-,15+,17+/m0/s1. The van der Waals surface area contributed by atoms with Crippen molar-refractivity contribution < 1.29 is 13.2 Å². The van der Waals surface area contributed by atoms with Crippen LogP contribution in [0.15, 0.2) is 47.4 Å². The van der Waals surface area contributed by atoms with E-state index in [1.54, 1.807) is 30.3 Å². The quantitative estimate of drug-likeness (QED) is 0.789. The van der Waals surface area contributed by atoms with Crippen LogP contribution in [0.1, 0.15) is 32.6 Å². The van der Waals surface area contributed by atoms with Crippen molar-refractivity contribution in [1.29, 1.82) is 0 Å². The Morgan fingerprint density at radius 1 is 1.24 bits per heavy atom. The van der Waals surface area contributed by atoms with E-state index >= 15 is 0 Å². The summed E-state index contributed by atoms with van der Waals surface area (Å²) in [5.74, 6) is 0.0333. The van der Waals surface area contributed by atoms with Crippen molar-refractivity contribution in [2.24, 2.45) is 11.3 Å². The Bertz CT molecular complexity index is 690. The lowest BCUT2D eigenvalue weighted by atomic mass is 9.67. The zero-order chi connectivity index (χ0) is 15.3. The lowest BCUT2D eigenvalue weighted by Crippen LogP contribution is -2.41. The molecule has 2 aliphatic carbocycles. The summed E-state index contributed by atoms with van der Waals surface area (Å²) in [6, 6.07) is 8.56. The number of rotatable bonds is 2. The first-order chi connectivity index (χ1) is 9.88. The molecule has 3 nitrogen and oxygen atoms in total. The van der Waals surface area contributed by atoms with E-state index in [0.717, 1.165) is 18.4 Å². The van der Waals surface area contributed by atoms with Crippen LogP contribution in [0.4, 0.5) is 0 Å². The molecule has 1 aromatic rings. The summed E-state index contributed by atoms with van der Waals surface area (Å²) < 4.78 is 25.9. The molecule has 4 heteroatoms. The number of ketones is 1. The Kier molecular flexibility index (Phi) is 3.32. The fourth-order valence-electron chi connectivity index (χ4n) is 3.96. The van der Waals surface area contributed by atoms with Gasteiger partial charge in [0.1, 0.15) is 5.78 Å². The van der Waals surface area contributed by atoms with E-state index in [1.807, 2.05) is 6.92 Å². The molecular weight excluding hydrogens is 284 g/mol. The lowest BCUT2D eigenvalue weighted by Gasteiger charge is -2.37. The number of hydrogen-bond acceptors (Lipinski definition) is 3. The summed E-state index contributed by atoms with van der Waals surface area (Å²) in [7, 11) is -3.42. The van der Waals surface area contributed by atoms with Gasteiger partial charge in [-0.05, 0) is 44.2 Å². The van der Waals surface area contributed by atoms with Crippen molar-refractivity contribution in [3.63, 3.8) is 0 Å². The number of allylic oxidation sites excluding steroid dienone is 1. The summed E-state index contributed by atoms with van der Waals surface area (Å²) in [6.07, 6.45) is 2.53. The van der Waals surface area contributed by atoms with Gasteiger partial charge in [-0.15, -0.1) is 0 Å². The molecule has 0 bridgehead atoms. The topological polar surface area (TPSA) is 51.2 Å². The molecule has 0 radical (unpaired) electrons. The number of benzene rings is 1. The van der Waals surface area contributed by atoms with Crippen LogP contribution >= 0.6 is 0 Å². The van der Waals surface area contributed by atoms with Crippen LogP contribution in [0.3, 0.4) is 0 Å². The normalized spacial score (nSPS) is 33.0. The first kappa shape index (κ1) is 14.5. The molecule has 0 heterocycles. The molecule has 0 aliphatic heterocycles. The zero-order valence-electron chi connectivity index (χ0n) is 12.2. The second-order valence-corrected chi connectivity index (χ2v) is 8.50. The molecule has 2 saturated carbocycles. The zero-order valence-corrected chi connectivity index (χ0v) is 13.0. The minimum absolute atomic E-state index is 0.128. The monoisotopic (exact) mass is 304 g/mol. The summed E-state index contributed by atoms with van der Waals surface area (Å²) in [5.41, 5.74) is 0.145. The van der Waals surface area contributed by atoms with Crippen molar-refractivity contribution in [2.75, 3.05) is 0 Å². The number of carbonyl (C=O) groups is 1. The maximum atomic E-state index is 12.9. The first-order valence-electron chi connectivity index (χ1n) is 7.39. The highest BCUT2D eigenvalue weighted by Gasteiger charge is 2.57. The van der Waals surface area contributed by atoms with Crippen LogP contribution < -0.4 is 0 Å². The Morgan fingerprint density at radius 2 is 1.90 bits per heavy atom. The molecule has 0 aromatic heterocycles. The van der Waals surface area contributed by atoms with Gasteiger partial charge in [-0.25, -0.2) is 8.42 Å². The molecule has 1 aromatic carbocycles. The second-order valence-electron chi connectivity index (χ2n) is 6.33. The van der Waals surface area contributed by atoms with Crippen LogP contribution in [-0.4, -0.2) is 19.5 Å². The summed E-state index contributed by atoms with van der Waals surface area (Å²) in [4.78, 5) is 12.7. The predicted molar refractivity (Wildman–Crippen MR) is 81.6 cm³/mol. The molecule has 3 rings (SSSR count). The Hall–Kier alpha value is -1.42. The van der Waals surface area contributed by atoms with E-state index in [1.165, 1.54) is 0 Å². The third kappa shape index (κ3) is 2.00. The van der Waals surface area contributed by atoms with Crippen molar-refractivity contribution in [2.45, 2.75) is 42.8 Å². The van der Waals surface area contributed by atoms with Gasteiger partial charge >= 0.3 is 0 Å².